The van der Waals surface area contributed by atoms with Crippen molar-refractivity contribution in [1.82, 2.24) is 9.03 Å². The standard InChI is InChI=1S/C11H19N3O4S2.ClH/c1-9(8-12)13-19(15,16)10-5-4-6-11(7-10)20(17,18)14(2)3;/h4-7,9,13H,8,12H2,1-3H3;1H/t9-;/m0./s1. The lowest BCUT2D eigenvalue weighted by Gasteiger charge is -2.14. The third-order valence-electron chi connectivity index (χ3n) is 2.60. The molecule has 10 heteroatoms. The molecule has 0 heterocycles. The molecule has 1 aromatic carbocycles. The summed E-state index contributed by atoms with van der Waals surface area (Å²) in [7, 11) is -4.71. The molecule has 0 amide bonds. The molecule has 0 radical (unpaired) electrons. The van der Waals surface area contributed by atoms with E-state index in [-0.39, 0.29) is 28.7 Å². The van der Waals surface area contributed by atoms with E-state index in [1.807, 2.05) is 0 Å². The van der Waals surface area contributed by atoms with Gasteiger partial charge >= 0.3 is 0 Å². The summed E-state index contributed by atoms with van der Waals surface area (Å²) in [4.78, 5) is -0.188. The van der Waals surface area contributed by atoms with Gasteiger partial charge < -0.3 is 5.73 Å². The Labute approximate surface area is 132 Å². The fraction of sp³-hybridized carbons (Fsp3) is 0.455. The molecule has 1 atom stereocenters. The normalized spacial score (nSPS) is 13.8. The van der Waals surface area contributed by atoms with Crippen molar-refractivity contribution < 1.29 is 16.8 Å². The van der Waals surface area contributed by atoms with Crippen molar-refractivity contribution in [3.63, 3.8) is 0 Å². The molecule has 0 aliphatic rings. The average molecular weight is 358 g/mol. The smallest absolute Gasteiger partial charge is 0.242 e. The van der Waals surface area contributed by atoms with Gasteiger partial charge in [-0.15, -0.1) is 12.4 Å². The number of nitrogens with one attached hydrogen (secondary N) is 1. The molecule has 1 rings (SSSR count). The molecule has 0 unspecified atom stereocenters. The van der Waals surface area contributed by atoms with E-state index in [2.05, 4.69) is 4.72 Å². The Morgan fingerprint density at radius 3 is 2.19 bits per heavy atom. The van der Waals surface area contributed by atoms with Gasteiger partial charge in [-0.2, -0.15) is 0 Å². The van der Waals surface area contributed by atoms with Crippen LogP contribution in [-0.2, 0) is 20.0 Å². The summed E-state index contributed by atoms with van der Waals surface area (Å²) in [5, 5.41) is 0. The molecule has 0 spiro atoms. The highest BCUT2D eigenvalue weighted by Gasteiger charge is 2.22. The molecule has 0 bridgehead atoms. The molecule has 122 valence electrons. The van der Waals surface area contributed by atoms with Crippen LogP contribution < -0.4 is 10.5 Å². The summed E-state index contributed by atoms with van der Waals surface area (Å²) in [6.07, 6.45) is 0. The Hall–Kier alpha value is -0.710. The second kappa shape index (κ2) is 7.52. The first-order valence-corrected chi connectivity index (χ1v) is 8.78. The molecule has 7 nitrogen and oxygen atoms in total. The zero-order valence-electron chi connectivity index (χ0n) is 12.0. The van der Waals surface area contributed by atoms with Crippen LogP contribution in [0.25, 0.3) is 0 Å². The van der Waals surface area contributed by atoms with Crippen LogP contribution in [0.3, 0.4) is 0 Å². The number of rotatable bonds is 6. The van der Waals surface area contributed by atoms with E-state index in [0.29, 0.717) is 0 Å². The minimum atomic E-state index is -3.79. The average Bonchev–Trinajstić information content (AvgIpc) is 2.38. The third kappa shape index (κ3) is 4.90. The number of benzene rings is 1. The maximum atomic E-state index is 12.1. The maximum Gasteiger partial charge on any atom is 0.242 e. The first-order chi connectivity index (χ1) is 9.11. The number of hydrogen-bond donors (Lipinski definition) is 2. The number of sulfonamides is 2. The molecule has 0 saturated carbocycles. The second-order valence-corrected chi connectivity index (χ2v) is 8.39. The maximum absolute atomic E-state index is 12.1. The van der Waals surface area contributed by atoms with Gasteiger partial charge in [0.15, 0.2) is 0 Å². The van der Waals surface area contributed by atoms with E-state index >= 15 is 0 Å². The van der Waals surface area contributed by atoms with E-state index < -0.39 is 26.1 Å². The first kappa shape index (κ1) is 20.3. The summed E-state index contributed by atoms with van der Waals surface area (Å²) in [5.41, 5.74) is 5.37. The van der Waals surface area contributed by atoms with Crippen LogP contribution >= 0.6 is 12.4 Å². The minimum Gasteiger partial charge on any atom is -0.329 e. The van der Waals surface area contributed by atoms with Gasteiger partial charge in [0.1, 0.15) is 0 Å². The molecule has 0 saturated heterocycles. The van der Waals surface area contributed by atoms with Gasteiger partial charge in [0, 0.05) is 26.7 Å². The lowest BCUT2D eigenvalue weighted by molar-refractivity contribution is 0.520. The second-order valence-electron chi connectivity index (χ2n) is 4.52. The van der Waals surface area contributed by atoms with Gasteiger partial charge in [-0.05, 0) is 25.1 Å². The fourth-order valence-corrected chi connectivity index (χ4v) is 3.72. The Morgan fingerprint density at radius 1 is 1.19 bits per heavy atom. The zero-order chi connectivity index (χ0) is 15.6. The lowest BCUT2D eigenvalue weighted by atomic mass is 10.4. The van der Waals surface area contributed by atoms with Crippen molar-refractivity contribution in [3.05, 3.63) is 24.3 Å². The summed E-state index contributed by atoms with van der Waals surface area (Å²) in [5.74, 6) is 0. The molecule has 0 aliphatic heterocycles. The Balaban J connectivity index is 0.00000400. The Kier molecular flexibility index (Phi) is 7.27. The molecule has 21 heavy (non-hydrogen) atoms. The van der Waals surface area contributed by atoms with Crippen LogP contribution in [0.4, 0.5) is 0 Å². The van der Waals surface area contributed by atoms with Crippen molar-refractivity contribution in [2.75, 3.05) is 20.6 Å². The van der Waals surface area contributed by atoms with E-state index in [1.165, 1.54) is 32.3 Å². The van der Waals surface area contributed by atoms with Crippen molar-refractivity contribution in [1.29, 1.82) is 0 Å². The Morgan fingerprint density at radius 2 is 1.71 bits per heavy atom. The van der Waals surface area contributed by atoms with Crippen LogP contribution in [0.2, 0.25) is 0 Å². The summed E-state index contributed by atoms with van der Waals surface area (Å²) < 4.78 is 51.5. The SMILES string of the molecule is C[C@@H](CN)NS(=O)(=O)c1cccc(S(=O)(=O)N(C)C)c1.Cl. The fourth-order valence-electron chi connectivity index (χ4n) is 1.39. The summed E-state index contributed by atoms with van der Waals surface area (Å²) >= 11 is 0. The molecular formula is C11H20ClN3O4S2. The number of nitrogens with two attached hydrogens (primary N) is 1. The van der Waals surface area contributed by atoms with Crippen LogP contribution in [0.15, 0.2) is 34.1 Å². The van der Waals surface area contributed by atoms with E-state index in [9.17, 15) is 16.8 Å². The molecular weight excluding hydrogens is 338 g/mol. The van der Waals surface area contributed by atoms with Crippen molar-refractivity contribution in [3.8, 4) is 0 Å². The quantitative estimate of drug-likeness (QED) is 0.743. The first-order valence-electron chi connectivity index (χ1n) is 5.86. The predicted octanol–water partition coefficient (Wildman–Crippen LogP) is -0.0158. The summed E-state index contributed by atoms with van der Waals surface area (Å²) in [6, 6.07) is 4.76. The van der Waals surface area contributed by atoms with Crippen LogP contribution in [-0.4, -0.2) is 47.8 Å². The van der Waals surface area contributed by atoms with Gasteiger partial charge in [-0.3, -0.25) is 0 Å². The Bertz CT molecular complexity index is 674. The van der Waals surface area contributed by atoms with Gasteiger partial charge in [0.2, 0.25) is 20.0 Å². The van der Waals surface area contributed by atoms with E-state index in [0.717, 1.165) is 10.4 Å². The molecule has 3 N–H and O–H groups in total. The van der Waals surface area contributed by atoms with E-state index in [4.69, 9.17) is 5.73 Å². The minimum absolute atomic E-state index is 0. The van der Waals surface area contributed by atoms with Gasteiger partial charge in [-0.25, -0.2) is 25.9 Å². The van der Waals surface area contributed by atoms with Crippen molar-refractivity contribution in [2.45, 2.75) is 22.8 Å². The van der Waals surface area contributed by atoms with Gasteiger partial charge in [0.05, 0.1) is 9.79 Å². The van der Waals surface area contributed by atoms with Crippen LogP contribution in [0.1, 0.15) is 6.92 Å². The lowest BCUT2D eigenvalue weighted by Crippen LogP contribution is -2.37. The predicted molar refractivity (Wildman–Crippen MR) is 83.4 cm³/mol. The van der Waals surface area contributed by atoms with Gasteiger partial charge in [0.25, 0.3) is 0 Å². The number of hydrogen-bond acceptors (Lipinski definition) is 5. The molecule has 0 aromatic heterocycles. The monoisotopic (exact) mass is 357 g/mol. The highest BCUT2D eigenvalue weighted by molar-refractivity contribution is 7.90. The van der Waals surface area contributed by atoms with Crippen molar-refractivity contribution in [2.24, 2.45) is 5.73 Å². The molecule has 0 aliphatic carbocycles. The largest absolute Gasteiger partial charge is 0.329 e. The van der Waals surface area contributed by atoms with Crippen molar-refractivity contribution >= 4 is 32.5 Å². The highest BCUT2D eigenvalue weighted by atomic mass is 35.5. The third-order valence-corrected chi connectivity index (χ3v) is 6.00. The molecule has 1 aromatic rings. The van der Waals surface area contributed by atoms with Crippen LogP contribution in [0.5, 0.6) is 0 Å². The topological polar surface area (TPSA) is 110 Å². The zero-order valence-corrected chi connectivity index (χ0v) is 14.4. The number of nitrogens with zero attached hydrogens (tertiary/aromatic N) is 1. The van der Waals surface area contributed by atoms with E-state index in [1.54, 1.807) is 6.92 Å². The number of halogens is 1. The highest BCUT2D eigenvalue weighted by Crippen LogP contribution is 2.18. The molecule has 0 fully saturated rings. The van der Waals surface area contributed by atoms with Gasteiger partial charge in [-0.1, -0.05) is 6.07 Å². The van der Waals surface area contributed by atoms with Crippen LogP contribution in [0, 0.1) is 0 Å². The summed E-state index contributed by atoms with van der Waals surface area (Å²) in [6.45, 7) is 1.77.